The minimum Gasteiger partial charge on any atom is -0.207 e. The fourth-order valence-electron chi connectivity index (χ4n) is 5.69. The first kappa shape index (κ1) is 22.4. The molecule has 0 aliphatic carbocycles. The smallest absolute Gasteiger partial charge is 0.123 e. The van der Waals surface area contributed by atoms with Gasteiger partial charge in [-0.15, -0.1) is 0 Å². The van der Waals surface area contributed by atoms with Crippen LogP contribution in [0.5, 0.6) is 0 Å². The molecule has 0 aromatic heterocycles. The lowest BCUT2D eigenvalue weighted by Gasteiger charge is -2.19. The summed E-state index contributed by atoms with van der Waals surface area (Å²) in [6.07, 6.45) is 0. The highest BCUT2D eigenvalue weighted by Gasteiger charge is 2.17. The van der Waals surface area contributed by atoms with E-state index in [0.29, 0.717) is 0 Å². The van der Waals surface area contributed by atoms with Gasteiger partial charge in [0.05, 0.1) is 0 Å². The van der Waals surface area contributed by atoms with E-state index in [1.165, 1.54) is 72.3 Å². The number of aryl methyl sites for hydroxylation is 1. The van der Waals surface area contributed by atoms with Crippen molar-refractivity contribution < 1.29 is 4.39 Å². The molecule has 0 saturated carbocycles. The molecule has 0 bridgehead atoms. The summed E-state index contributed by atoms with van der Waals surface area (Å²) in [5.41, 5.74) is 8.18. The molecule has 180 valence electrons. The maximum Gasteiger partial charge on any atom is 0.123 e. The van der Waals surface area contributed by atoms with Crippen LogP contribution >= 0.6 is 0 Å². The summed E-state index contributed by atoms with van der Waals surface area (Å²) in [5, 5.41) is 7.33. The Morgan fingerprint density at radius 3 is 1.68 bits per heavy atom. The molecule has 7 aromatic rings. The molecule has 0 unspecified atom stereocenters. The normalized spacial score (nSPS) is 11.4. The molecule has 0 aliphatic heterocycles. The Labute approximate surface area is 221 Å². The first-order valence-corrected chi connectivity index (χ1v) is 13.0. The Morgan fingerprint density at radius 2 is 0.947 bits per heavy atom. The van der Waals surface area contributed by atoms with Gasteiger partial charge in [-0.05, 0) is 96.9 Å². The van der Waals surface area contributed by atoms with Crippen molar-refractivity contribution in [1.82, 2.24) is 0 Å². The number of hydrogen-bond donors (Lipinski definition) is 0. The molecule has 7 aromatic carbocycles. The van der Waals surface area contributed by atoms with Crippen LogP contribution in [-0.4, -0.2) is 0 Å². The van der Waals surface area contributed by atoms with Crippen molar-refractivity contribution in [1.29, 1.82) is 0 Å². The monoisotopic (exact) mass is 488 g/mol. The van der Waals surface area contributed by atoms with Crippen LogP contribution in [0.2, 0.25) is 0 Å². The lowest BCUT2D eigenvalue weighted by atomic mass is 9.84. The maximum absolute atomic E-state index is 13.7. The summed E-state index contributed by atoms with van der Waals surface area (Å²) in [6.45, 7) is 2.12. The van der Waals surface area contributed by atoms with Crippen LogP contribution in [0.25, 0.3) is 65.7 Å². The highest BCUT2D eigenvalue weighted by Crippen LogP contribution is 2.45. The molecule has 38 heavy (non-hydrogen) atoms. The second-order valence-corrected chi connectivity index (χ2v) is 9.99. The topological polar surface area (TPSA) is 0 Å². The number of halogens is 1. The predicted molar refractivity (Wildman–Crippen MR) is 160 cm³/mol. The molecule has 0 radical (unpaired) electrons. The zero-order valence-electron chi connectivity index (χ0n) is 21.1. The van der Waals surface area contributed by atoms with Gasteiger partial charge >= 0.3 is 0 Å². The zero-order chi connectivity index (χ0) is 25.6. The van der Waals surface area contributed by atoms with Crippen molar-refractivity contribution >= 4 is 32.3 Å². The average molecular weight is 489 g/mol. The summed E-state index contributed by atoms with van der Waals surface area (Å²) in [4.78, 5) is 0. The van der Waals surface area contributed by atoms with E-state index in [1.54, 1.807) is 0 Å². The fraction of sp³-hybridized carbons (Fsp3) is 0.0270. The minimum atomic E-state index is -0.223. The second kappa shape index (κ2) is 8.97. The third-order valence-electron chi connectivity index (χ3n) is 7.58. The SMILES string of the molecule is Cc1ccc(-c2c3ccccc3c(-c3ccc4ccccc4c3)c3ccc(-c4ccc(F)cc4)cc23)cc1. The Hall–Kier alpha value is -4.75. The number of rotatable bonds is 3. The molecular weight excluding hydrogens is 463 g/mol. The molecule has 7 rings (SSSR count). The molecule has 0 heterocycles. The molecule has 0 atom stereocenters. The van der Waals surface area contributed by atoms with Crippen molar-refractivity contribution in [3.63, 3.8) is 0 Å². The van der Waals surface area contributed by atoms with Gasteiger partial charge in [-0.2, -0.15) is 0 Å². The van der Waals surface area contributed by atoms with Crippen molar-refractivity contribution in [2.45, 2.75) is 6.92 Å². The summed E-state index contributed by atoms with van der Waals surface area (Å²) in [7, 11) is 0. The standard InChI is InChI=1S/C37H25F/c1-24-10-12-27(13-11-24)36-32-8-4-5-9-33(32)37(30-15-14-25-6-2-3-7-28(25)22-30)34-21-18-29(23-35(34)36)26-16-19-31(38)20-17-26/h2-23H,1H3. The van der Waals surface area contributed by atoms with E-state index >= 15 is 0 Å². The van der Waals surface area contributed by atoms with Gasteiger partial charge in [0, 0.05) is 0 Å². The molecule has 0 N–H and O–H groups in total. The lowest BCUT2D eigenvalue weighted by molar-refractivity contribution is 0.628. The summed E-state index contributed by atoms with van der Waals surface area (Å²) in [6, 6.07) is 46.2. The van der Waals surface area contributed by atoms with Gasteiger partial charge in [0.25, 0.3) is 0 Å². The Balaban J connectivity index is 1.61. The maximum atomic E-state index is 13.7. The molecule has 0 aliphatic rings. The molecular formula is C37H25F. The average Bonchev–Trinajstić information content (AvgIpc) is 2.96. The van der Waals surface area contributed by atoms with Gasteiger partial charge in [0.2, 0.25) is 0 Å². The van der Waals surface area contributed by atoms with Gasteiger partial charge in [-0.3, -0.25) is 0 Å². The van der Waals surface area contributed by atoms with Crippen molar-refractivity contribution in [3.8, 4) is 33.4 Å². The van der Waals surface area contributed by atoms with Crippen LogP contribution in [0, 0.1) is 12.7 Å². The van der Waals surface area contributed by atoms with Gasteiger partial charge < -0.3 is 0 Å². The molecule has 0 nitrogen and oxygen atoms in total. The molecule has 0 fully saturated rings. The first-order valence-electron chi connectivity index (χ1n) is 13.0. The first-order chi connectivity index (χ1) is 18.7. The largest absolute Gasteiger partial charge is 0.207 e. The van der Waals surface area contributed by atoms with Crippen LogP contribution in [0.15, 0.2) is 133 Å². The second-order valence-electron chi connectivity index (χ2n) is 9.99. The van der Waals surface area contributed by atoms with E-state index in [2.05, 4.69) is 116 Å². The van der Waals surface area contributed by atoms with Crippen LogP contribution in [0.4, 0.5) is 4.39 Å². The van der Waals surface area contributed by atoms with E-state index in [9.17, 15) is 4.39 Å². The molecule has 1 heteroatoms. The fourth-order valence-corrected chi connectivity index (χ4v) is 5.69. The molecule has 0 amide bonds. The Bertz CT molecular complexity index is 1960. The van der Waals surface area contributed by atoms with E-state index in [0.717, 1.165) is 11.1 Å². The number of hydrogen-bond acceptors (Lipinski definition) is 0. The van der Waals surface area contributed by atoms with Gasteiger partial charge in [0.15, 0.2) is 0 Å². The van der Waals surface area contributed by atoms with Gasteiger partial charge in [0.1, 0.15) is 5.82 Å². The van der Waals surface area contributed by atoms with E-state index in [4.69, 9.17) is 0 Å². The third kappa shape index (κ3) is 3.76. The van der Waals surface area contributed by atoms with Crippen LogP contribution in [0.3, 0.4) is 0 Å². The predicted octanol–water partition coefficient (Wildman–Crippen LogP) is 10.6. The van der Waals surface area contributed by atoms with Crippen molar-refractivity contribution in [2.75, 3.05) is 0 Å². The van der Waals surface area contributed by atoms with Crippen LogP contribution in [-0.2, 0) is 0 Å². The number of fused-ring (bicyclic) bond motifs is 3. The van der Waals surface area contributed by atoms with E-state index in [-0.39, 0.29) is 5.82 Å². The molecule has 0 saturated heterocycles. The summed E-state index contributed by atoms with van der Waals surface area (Å²) >= 11 is 0. The number of benzene rings is 7. The third-order valence-corrected chi connectivity index (χ3v) is 7.58. The summed E-state index contributed by atoms with van der Waals surface area (Å²) in [5.74, 6) is -0.223. The Morgan fingerprint density at radius 1 is 0.395 bits per heavy atom. The zero-order valence-corrected chi connectivity index (χ0v) is 21.1. The highest BCUT2D eigenvalue weighted by molar-refractivity contribution is 6.22. The highest BCUT2D eigenvalue weighted by atomic mass is 19.1. The van der Waals surface area contributed by atoms with Gasteiger partial charge in [-0.1, -0.05) is 115 Å². The van der Waals surface area contributed by atoms with Gasteiger partial charge in [-0.25, -0.2) is 4.39 Å². The van der Waals surface area contributed by atoms with E-state index in [1.807, 2.05) is 12.1 Å². The molecule has 0 spiro atoms. The van der Waals surface area contributed by atoms with Crippen LogP contribution < -0.4 is 0 Å². The Kier molecular flexibility index (Phi) is 5.30. The van der Waals surface area contributed by atoms with E-state index < -0.39 is 0 Å². The quantitative estimate of drug-likeness (QED) is 0.217. The summed E-state index contributed by atoms with van der Waals surface area (Å²) < 4.78 is 13.7. The van der Waals surface area contributed by atoms with Crippen molar-refractivity contribution in [2.24, 2.45) is 0 Å². The van der Waals surface area contributed by atoms with Crippen molar-refractivity contribution in [3.05, 3.63) is 145 Å². The lowest BCUT2D eigenvalue weighted by Crippen LogP contribution is -1.92. The minimum absolute atomic E-state index is 0.223. The van der Waals surface area contributed by atoms with Crippen LogP contribution in [0.1, 0.15) is 5.56 Å².